The van der Waals surface area contributed by atoms with E-state index in [0.717, 1.165) is 27.1 Å². The predicted octanol–water partition coefficient (Wildman–Crippen LogP) is 4.46. The van der Waals surface area contributed by atoms with Gasteiger partial charge in [-0.3, -0.25) is 0 Å². The van der Waals surface area contributed by atoms with Gasteiger partial charge in [0.2, 0.25) is 0 Å². The van der Waals surface area contributed by atoms with Crippen LogP contribution < -0.4 is 0 Å². The molecular formula is C20H15NO2. The van der Waals surface area contributed by atoms with Gasteiger partial charge in [0.25, 0.3) is 0 Å². The first kappa shape index (κ1) is 14.8. The topological polar surface area (TPSA) is 50.1 Å². The fourth-order valence-electron chi connectivity index (χ4n) is 2.71. The molecule has 0 unspecified atom stereocenters. The molecule has 0 fully saturated rings. The molecule has 3 aromatic carbocycles. The molecule has 0 bridgehead atoms. The second kappa shape index (κ2) is 6.33. The number of fused-ring (bicyclic) bond motifs is 3. The minimum Gasteiger partial charge on any atom is -0.462 e. The number of ether oxygens (including phenoxy) is 1. The lowest BCUT2D eigenvalue weighted by molar-refractivity contribution is -0.137. The number of esters is 1. The van der Waals surface area contributed by atoms with Crippen LogP contribution in [0.5, 0.6) is 0 Å². The summed E-state index contributed by atoms with van der Waals surface area (Å²) in [7, 11) is 0. The van der Waals surface area contributed by atoms with Crippen molar-refractivity contribution >= 4 is 33.6 Å². The molecule has 0 aliphatic carbocycles. The van der Waals surface area contributed by atoms with Crippen molar-refractivity contribution in [3.05, 3.63) is 65.7 Å². The predicted molar refractivity (Wildman–Crippen MR) is 91.7 cm³/mol. The molecule has 0 aromatic heterocycles. The Labute approximate surface area is 134 Å². The zero-order valence-corrected chi connectivity index (χ0v) is 12.7. The van der Waals surface area contributed by atoms with Crippen molar-refractivity contribution in [2.24, 2.45) is 0 Å². The molecule has 0 spiro atoms. The largest absolute Gasteiger partial charge is 0.462 e. The van der Waals surface area contributed by atoms with E-state index in [1.807, 2.05) is 54.6 Å². The van der Waals surface area contributed by atoms with Crippen LogP contribution in [0.4, 0.5) is 0 Å². The van der Waals surface area contributed by atoms with Crippen LogP contribution in [0, 0.1) is 11.3 Å². The Bertz CT molecular complexity index is 964. The molecule has 3 aromatic rings. The maximum Gasteiger partial charge on any atom is 0.348 e. The first-order valence-corrected chi connectivity index (χ1v) is 7.44. The number of carbonyl (C=O) groups is 1. The fraction of sp³-hybridized carbons (Fsp3) is 0.100. The smallest absolute Gasteiger partial charge is 0.348 e. The zero-order chi connectivity index (χ0) is 16.2. The lowest BCUT2D eigenvalue weighted by Crippen LogP contribution is -2.06. The van der Waals surface area contributed by atoms with Crippen molar-refractivity contribution < 1.29 is 9.53 Å². The van der Waals surface area contributed by atoms with Crippen molar-refractivity contribution in [1.82, 2.24) is 0 Å². The molecule has 0 amide bonds. The third-order valence-electron chi connectivity index (χ3n) is 3.72. The molecule has 0 atom stereocenters. The molecule has 0 saturated heterocycles. The van der Waals surface area contributed by atoms with Gasteiger partial charge in [-0.25, -0.2) is 4.79 Å². The molecular weight excluding hydrogens is 286 g/mol. The van der Waals surface area contributed by atoms with Crippen molar-refractivity contribution in [3.8, 4) is 6.07 Å². The van der Waals surface area contributed by atoms with Gasteiger partial charge in [-0.2, -0.15) is 5.26 Å². The Hall–Kier alpha value is -3.12. The molecule has 0 saturated carbocycles. The first-order valence-electron chi connectivity index (χ1n) is 7.44. The van der Waals surface area contributed by atoms with E-state index in [9.17, 15) is 10.1 Å². The van der Waals surface area contributed by atoms with E-state index in [1.54, 1.807) is 13.0 Å². The van der Waals surface area contributed by atoms with E-state index in [0.29, 0.717) is 0 Å². The van der Waals surface area contributed by atoms with Gasteiger partial charge in [0.15, 0.2) is 0 Å². The van der Waals surface area contributed by atoms with Crippen molar-refractivity contribution in [3.63, 3.8) is 0 Å². The molecule has 0 heterocycles. The summed E-state index contributed by atoms with van der Waals surface area (Å²) in [6.45, 7) is 1.97. The molecule has 23 heavy (non-hydrogen) atoms. The van der Waals surface area contributed by atoms with Gasteiger partial charge in [-0.15, -0.1) is 0 Å². The summed E-state index contributed by atoms with van der Waals surface area (Å²) in [4.78, 5) is 11.9. The lowest BCUT2D eigenvalue weighted by Gasteiger charge is -2.08. The molecule has 112 valence electrons. The molecule has 0 aliphatic heterocycles. The second-order valence-corrected chi connectivity index (χ2v) is 5.12. The highest BCUT2D eigenvalue weighted by atomic mass is 16.5. The van der Waals surface area contributed by atoms with Gasteiger partial charge in [0.05, 0.1) is 6.61 Å². The molecule has 0 N–H and O–H groups in total. The molecule has 3 nitrogen and oxygen atoms in total. The highest BCUT2D eigenvalue weighted by Gasteiger charge is 2.11. The molecule has 0 aliphatic rings. The number of hydrogen-bond donors (Lipinski definition) is 0. The SMILES string of the molecule is CCOC(=O)/C(C#N)=C\c1cccc2ccc3ccccc3c12. The maximum atomic E-state index is 11.9. The summed E-state index contributed by atoms with van der Waals surface area (Å²) >= 11 is 0. The van der Waals surface area contributed by atoms with Crippen LogP contribution >= 0.6 is 0 Å². The van der Waals surface area contributed by atoms with E-state index in [1.165, 1.54) is 0 Å². The van der Waals surface area contributed by atoms with Crippen LogP contribution in [0.15, 0.2) is 60.2 Å². The summed E-state index contributed by atoms with van der Waals surface area (Å²) in [6.07, 6.45) is 1.60. The second-order valence-electron chi connectivity index (χ2n) is 5.12. The molecule has 0 radical (unpaired) electrons. The summed E-state index contributed by atoms with van der Waals surface area (Å²) in [5, 5.41) is 13.6. The van der Waals surface area contributed by atoms with Gasteiger partial charge in [0.1, 0.15) is 11.6 Å². The minimum atomic E-state index is -0.591. The lowest BCUT2D eigenvalue weighted by atomic mass is 9.96. The number of nitriles is 1. The number of carbonyl (C=O) groups excluding carboxylic acids is 1. The molecule has 3 rings (SSSR count). The van der Waals surface area contributed by atoms with Crippen LogP contribution in [-0.2, 0) is 9.53 Å². The van der Waals surface area contributed by atoms with Gasteiger partial charge in [0, 0.05) is 0 Å². The zero-order valence-electron chi connectivity index (χ0n) is 12.7. The summed E-state index contributed by atoms with van der Waals surface area (Å²) in [5.74, 6) is -0.591. The summed E-state index contributed by atoms with van der Waals surface area (Å²) in [5.41, 5.74) is 0.844. The maximum absolute atomic E-state index is 11.9. The Morgan fingerprint density at radius 1 is 1.09 bits per heavy atom. The van der Waals surface area contributed by atoms with Crippen LogP contribution in [0.25, 0.3) is 27.6 Å². The normalized spacial score (nSPS) is 11.4. The van der Waals surface area contributed by atoms with E-state index in [4.69, 9.17) is 4.74 Å². The molecule has 3 heteroatoms. The quantitative estimate of drug-likeness (QED) is 0.310. The van der Waals surface area contributed by atoms with Crippen molar-refractivity contribution in [2.75, 3.05) is 6.61 Å². The average molecular weight is 301 g/mol. The van der Waals surface area contributed by atoms with Crippen molar-refractivity contribution in [2.45, 2.75) is 6.92 Å². The Morgan fingerprint density at radius 3 is 2.61 bits per heavy atom. The highest BCUT2D eigenvalue weighted by molar-refractivity contribution is 6.12. The highest BCUT2D eigenvalue weighted by Crippen LogP contribution is 2.29. The van der Waals surface area contributed by atoms with Gasteiger partial charge < -0.3 is 4.74 Å². The Balaban J connectivity index is 2.27. The summed E-state index contributed by atoms with van der Waals surface area (Å²) < 4.78 is 4.94. The number of hydrogen-bond acceptors (Lipinski definition) is 3. The number of benzene rings is 3. The third kappa shape index (κ3) is 2.79. The van der Waals surface area contributed by atoms with Crippen LogP contribution in [-0.4, -0.2) is 12.6 Å². The standard InChI is InChI=1S/C20H15NO2/c1-2-23-20(22)17(13-21)12-16-8-5-7-15-11-10-14-6-3-4-9-18(14)19(15)16/h3-12H,2H2,1H3/b17-12-. The number of rotatable bonds is 3. The monoisotopic (exact) mass is 301 g/mol. The Kier molecular flexibility index (Phi) is 4.07. The van der Waals surface area contributed by atoms with Gasteiger partial charge >= 0.3 is 5.97 Å². The van der Waals surface area contributed by atoms with E-state index < -0.39 is 5.97 Å². The fourth-order valence-corrected chi connectivity index (χ4v) is 2.71. The van der Waals surface area contributed by atoms with Crippen LogP contribution in [0.2, 0.25) is 0 Å². The van der Waals surface area contributed by atoms with E-state index in [2.05, 4.69) is 6.07 Å². The summed E-state index contributed by atoms with van der Waals surface area (Å²) in [6, 6.07) is 20.0. The van der Waals surface area contributed by atoms with Crippen molar-refractivity contribution in [1.29, 1.82) is 5.26 Å². The number of nitrogens with zero attached hydrogens (tertiary/aromatic N) is 1. The van der Waals surface area contributed by atoms with Crippen LogP contribution in [0.3, 0.4) is 0 Å². The Morgan fingerprint density at radius 2 is 1.83 bits per heavy atom. The first-order chi connectivity index (χ1) is 11.2. The van der Waals surface area contributed by atoms with Crippen LogP contribution in [0.1, 0.15) is 12.5 Å². The third-order valence-corrected chi connectivity index (χ3v) is 3.72. The van der Waals surface area contributed by atoms with Gasteiger partial charge in [-0.05, 0) is 40.1 Å². The van der Waals surface area contributed by atoms with E-state index in [-0.39, 0.29) is 12.2 Å². The van der Waals surface area contributed by atoms with Gasteiger partial charge in [-0.1, -0.05) is 54.6 Å². The minimum absolute atomic E-state index is 0.00674. The van der Waals surface area contributed by atoms with E-state index >= 15 is 0 Å². The average Bonchev–Trinajstić information content (AvgIpc) is 2.59.